The van der Waals surface area contributed by atoms with Gasteiger partial charge in [0.1, 0.15) is 36.3 Å². The fourth-order valence-corrected chi connectivity index (χ4v) is 9.18. The Morgan fingerprint density at radius 1 is 0.623 bits per heavy atom. The number of aliphatic imine (C=N–C) groups is 3. The number of nitrogens with zero attached hydrogens (tertiary/aromatic N) is 3. The van der Waals surface area contributed by atoms with Crippen LogP contribution in [0.2, 0.25) is 0 Å². The number of hydrogen-bond donors (Lipinski definition) is 4. The molecule has 77 heavy (non-hydrogen) atoms. The molecule has 6 aromatic carbocycles. The molecular formula is C63H65F2N7O4S. The number of Topliss-reactive ketones (excluding diaryl/α,β-unsaturated/α-hetero) is 1. The number of ketones is 1. The van der Waals surface area contributed by atoms with Gasteiger partial charge in [-0.05, 0) is 99.2 Å². The Kier molecular flexibility index (Phi) is 19.9. The van der Waals surface area contributed by atoms with Gasteiger partial charge >= 0.3 is 0 Å². The highest BCUT2D eigenvalue weighted by Crippen LogP contribution is 2.25. The maximum atomic E-state index is 15.0. The minimum atomic E-state index is -0.408. The van der Waals surface area contributed by atoms with E-state index in [4.69, 9.17) is 32.4 Å². The predicted octanol–water partition coefficient (Wildman–Crippen LogP) is 12.2. The van der Waals surface area contributed by atoms with Crippen molar-refractivity contribution in [3.8, 4) is 11.5 Å². The number of ether oxygens (including phenoxy) is 2. The smallest absolute Gasteiger partial charge is 0.257 e. The minimum absolute atomic E-state index is 0.0515. The van der Waals surface area contributed by atoms with Crippen LogP contribution < -0.4 is 31.2 Å². The SMILES string of the molecule is Cc1ccc(C(=O)CC(=S)NC2=CC(c3ccc(OCc4ccccc4)cc3F)=NC2)cc1.Cc1ccc(C(=O)NC(=NC2CCCC2)NC2=CC(c3ccc(OCc4ccccc4)cc3F)=NC2)cc1.NC1CCCC1. The van der Waals surface area contributed by atoms with Crippen LogP contribution in [-0.4, -0.2) is 59.2 Å². The van der Waals surface area contributed by atoms with Crippen LogP contribution in [0.15, 0.2) is 184 Å². The van der Waals surface area contributed by atoms with E-state index in [1.165, 1.54) is 37.8 Å². The average Bonchev–Trinajstić information content (AvgIpc) is 4.31. The van der Waals surface area contributed by atoms with Gasteiger partial charge in [0.2, 0.25) is 5.96 Å². The molecule has 0 spiro atoms. The summed E-state index contributed by atoms with van der Waals surface area (Å²) in [5.41, 5.74) is 14.2. The monoisotopic (exact) mass is 1050 g/mol. The molecule has 2 aliphatic carbocycles. The molecule has 0 atom stereocenters. The summed E-state index contributed by atoms with van der Waals surface area (Å²) in [6, 6.07) is 44.5. The van der Waals surface area contributed by atoms with Crippen molar-refractivity contribution in [2.75, 3.05) is 13.1 Å². The number of rotatable bonds is 15. The summed E-state index contributed by atoms with van der Waals surface area (Å²) in [5, 5.41) is 9.24. The van der Waals surface area contributed by atoms with Crippen molar-refractivity contribution in [1.82, 2.24) is 16.0 Å². The van der Waals surface area contributed by atoms with Gasteiger partial charge in [0.05, 0.1) is 42.0 Å². The predicted molar refractivity (Wildman–Crippen MR) is 307 cm³/mol. The molecular weight excluding hydrogens is 989 g/mol. The number of allylic oxidation sites excluding steroid dienone is 2. The van der Waals surface area contributed by atoms with E-state index in [1.54, 1.807) is 60.7 Å². The molecule has 0 unspecified atom stereocenters. The van der Waals surface area contributed by atoms with Gasteiger partial charge in [-0.1, -0.05) is 146 Å². The van der Waals surface area contributed by atoms with E-state index in [0.29, 0.717) is 88.5 Å². The van der Waals surface area contributed by atoms with Gasteiger partial charge < -0.3 is 25.8 Å². The van der Waals surface area contributed by atoms with E-state index in [0.717, 1.165) is 59.3 Å². The molecule has 2 saturated carbocycles. The second-order valence-corrected chi connectivity index (χ2v) is 20.0. The summed E-state index contributed by atoms with van der Waals surface area (Å²) >= 11 is 5.35. The van der Waals surface area contributed by atoms with E-state index in [1.807, 2.05) is 98.8 Å². The molecule has 4 aliphatic rings. The second-order valence-electron chi connectivity index (χ2n) is 19.5. The van der Waals surface area contributed by atoms with E-state index in [-0.39, 0.29) is 24.2 Å². The summed E-state index contributed by atoms with van der Waals surface area (Å²) in [4.78, 5) is 39.4. The van der Waals surface area contributed by atoms with Crippen molar-refractivity contribution < 1.29 is 27.8 Å². The number of benzene rings is 6. The van der Waals surface area contributed by atoms with Crippen LogP contribution in [0.25, 0.3) is 0 Å². The second kappa shape index (κ2) is 27.7. The van der Waals surface area contributed by atoms with Crippen molar-refractivity contribution in [3.63, 3.8) is 0 Å². The Bertz CT molecular complexity index is 3150. The zero-order valence-electron chi connectivity index (χ0n) is 43.6. The van der Waals surface area contributed by atoms with Gasteiger partial charge in [-0.2, -0.15) is 0 Å². The number of guanidine groups is 1. The van der Waals surface area contributed by atoms with Crippen molar-refractivity contribution in [2.45, 2.75) is 96.9 Å². The molecule has 2 heterocycles. The third-order valence-electron chi connectivity index (χ3n) is 13.2. The van der Waals surface area contributed by atoms with Crippen LogP contribution in [0.3, 0.4) is 0 Å². The zero-order chi connectivity index (χ0) is 53.9. The third kappa shape index (κ3) is 17.0. The van der Waals surface area contributed by atoms with E-state index < -0.39 is 11.6 Å². The number of nitrogens with two attached hydrogens (primary N) is 1. The van der Waals surface area contributed by atoms with Crippen molar-refractivity contribution in [1.29, 1.82) is 0 Å². The third-order valence-corrected chi connectivity index (χ3v) is 13.5. The normalized spacial score (nSPS) is 15.2. The Labute approximate surface area is 455 Å². The van der Waals surface area contributed by atoms with Gasteiger partial charge in [-0.3, -0.25) is 24.9 Å². The van der Waals surface area contributed by atoms with E-state index in [9.17, 15) is 18.4 Å². The Hall–Kier alpha value is -7.94. The average molecular weight is 1050 g/mol. The van der Waals surface area contributed by atoms with Gasteiger partial charge in [-0.15, -0.1) is 0 Å². The first-order chi connectivity index (χ1) is 37.4. The molecule has 2 fully saturated rings. The molecule has 0 bridgehead atoms. The zero-order valence-corrected chi connectivity index (χ0v) is 44.4. The maximum Gasteiger partial charge on any atom is 0.257 e. The molecule has 1 amide bonds. The number of thiocarbonyl (C=S) groups is 1. The topological polar surface area (TPSA) is 152 Å². The number of aryl methyl sites for hydroxylation is 2. The lowest BCUT2D eigenvalue weighted by Crippen LogP contribution is -2.41. The first kappa shape index (κ1) is 55.3. The largest absolute Gasteiger partial charge is 0.489 e. The van der Waals surface area contributed by atoms with Crippen LogP contribution in [-0.2, 0) is 13.2 Å². The number of carbonyl (C=O) groups excluding carboxylic acids is 2. The highest BCUT2D eigenvalue weighted by molar-refractivity contribution is 7.80. The van der Waals surface area contributed by atoms with Crippen LogP contribution in [0.4, 0.5) is 8.78 Å². The molecule has 11 nitrogen and oxygen atoms in total. The lowest BCUT2D eigenvalue weighted by Gasteiger charge is -2.14. The summed E-state index contributed by atoms with van der Waals surface area (Å²) in [6.45, 7) is 5.37. The number of halogens is 2. The van der Waals surface area contributed by atoms with Crippen LogP contribution >= 0.6 is 12.2 Å². The number of carbonyl (C=O) groups is 2. The highest BCUT2D eigenvalue weighted by atomic mass is 32.1. The Morgan fingerprint density at radius 2 is 1.09 bits per heavy atom. The minimum Gasteiger partial charge on any atom is -0.489 e. The van der Waals surface area contributed by atoms with Crippen molar-refractivity contribution in [3.05, 3.63) is 225 Å². The first-order valence-electron chi connectivity index (χ1n) is 26.2. The lowest BCUT2D eigenvalue weighted by atomic mass is 10.1. The standard InChI is InChI=1S/C31H31FN4O2.C27H23FN2O2S.C5H11N/c1-21-11-13-23(14-12-21)30(37)36-31(34-24-9-5-6-10-24)35-25-17-29(33-19-25)27-16-15-26(18-28(27)32)38-20-22-7-3-2-4-8-22;1-18-7-9-20(10-8-18)26(31)15-27(33)30-21-13-25(29-16-21)23-12-11-22(14-24(23)28)32-17-19-5-3-2-4-6-19;6-5-3-1-2-4-5/h2-4,7-8,11-18,24H,5-6,9-10,19-20H2,1H3,(H2,34,35,36,37);2-14H,15-17H2,1H3,(H,30,33);5H,1-4,6H2. The van der Waals surface area contributed by atoms with E-state index in [2.05, 4.69) is 25.9 Å². The lowest BCUT2D eigenvalue weighted by molar-refractivity contribution is 0.0973. The molecule has 10 rings (SSSR count). The fourth-order valence-electron chi connectivity index (χ4n) is 8.92. The van der Waals surface area contributed by atoms with Gasteiger partial charge in [-0.25, -0.2) is 13.8 Å². The Morgan fingerprint density at radius 3 is 1.56 bits per heavy atom. The van der Waals surface area contributed by atoms with Crippen molar-refractivity contribution >= 4 is 46.3 Å². The molecule has 396 valence electrons. The van der Waals surface area contributed by atoms with Crippen molar-refractivity contribution in [2.24, 2.45) is 20.7 Å². The fraction of sp³-hybridized carbons (Fsp3) is 0.270. The number of hydrogen-bond acceptors (Lipinski definition) is 9. The summed E-state index contributed by atoms with van der Waals surface area (Å²) in [5.74, 6) is 0.219. The first-order valence-corrected chi connectivity index (χ1v) is 26.6. The number of nitrogens with one attached hydrogen (secondary N) is 3. The molecule has 0 radical (unpaired) electrons. The van der Waals surface area contributed by atoms with Crippen LogP contribution in [0, 0.1) is 25.5 Å². The summed E-state index contributed by atoms with van der Waals surface area (Å²) in [6.07, 6.45) is 13.2. The molecule has 0 saturated heterocycles. The summed E-state index contributed by atoms with van der Waals surface area (Å²) in [7, 11) is 0. The molecule has 0 aromatic heterocycles. The Balaban J connectivity index is 0.000000185. The molecule has 6 aromatic rings. The van der Waals surface area contributed by atoms with Gasteiger partial charge in [0, 0.05) is 51.8 Å². The molecule has 5 N–H and O–H groups in total. The highest BCUT2D eigenvalue weighted by Gasteiger charge is 2.21. The van der Waals surface area contributed by atoms with Gasteiger partial charge in [0.25, 0.3) is 5.91 Å². The quantitative estimate of drug-likeness (QED) is 0.0343. The maximum absolute atomic E-state index is 15.0. The van der Waals surface area contributed by atoms with E-state index >= 15 is 0 Å². The van der Waals surface area contributed by atoms with Crippen LogP contribution in [0.5, 0.6) is 11.5 Å². The van der Waals surface area contributed by atoms with Crippen LogP contribution in [0.1, 0.15) is 112 Å². The summed E-state index contributed by atoms with van der Waals surface area (Å²) < 4.78 is 41.1. The number of amides is 1. The molecule has 2 aliphatic heterocycles. The molecule has 14 heteroatoms. The van der Waals surface area contributed by atoms with Gasteiger partial charge in [0.15, 0.2) is 5.78 Å².